The largest absolute Gasteiger partial charge is 0.378 e. The monoisotopic (exact) mass is 626 g/mol. The molecule has 0 saturated carbocycles. The topological polar surface area (TPSA) is 152 Å². The van der Waals surface area contributed by atoms with Gasteiger partial charge in [0, 0.05) is 61.6 Å². The number of aromatic nitrogens is 4. The Morgan fingerprint density at radius 2 is 1.68 bits per heavy atom. The lowest BCUT2D eigenvalue weighted by atomic mass is 9.96. The number of fused-ring (bicyclic) bond motifs is 1. The predicted molar refractivity (Wildman–Crippen MR) is 164 cm³/mol. The Labute approximate surface area is 255 Å². The van der Waals surface area contributed by atoms with Crippen molar-refractivity contribution >= 4 is 39.6 Å². The van der Waals surface area contributed by atoms with E-state index in [1.165, 1.54) is 6.07 Å². The summed E-state index contributed by atoms with van der Waals surface area (Å²) in [5.41, 5.74) is 8.41. The van der Waals surface area contributed by atoms with Gasteiger partial charge in [-0.1, -0.05) is 18.2 Å². The first-order valence-electron chi connectivity index (χ1n) is 14.3. The predicted octanol–water partition coefficient (Wildman–Crippen LogP) is 3.28. The van der Waals surface area contributed by atoms with Crippen molar-refractivity contribution in [2.45, 2.75) is 12.6 Å². The fourth-order valence-electron chi connectivity index (χ4n) is 5.44. The van der Waals surface area contributed by atoms with E-state index in [-0.39, 0.29) is 30.0 Å². The molecule has 0 spiro atoms. The average molecular weight is 627 g/mol. The van der Waals surface area contributed by atoms with Crippen LogP contribution in [0, 0.1) is 5.82 Å². The van der Waals surface area contributed by atoms with E-state index in [4.69, 9.17) is 29.7 Å². The third-order valence-corrected chi connectivity index (χ3v) is 8.10. The molecule has 44 heavy (non-hydrogen) atoms. The second-order valence-corrected chi connectivity index (χ2v) is 11.2. The lowest BCUT2D eigenvalue weighted by molar-refractivity contribution is 0.122. The zero-order chi connectivity index (χ0) is 30.6. The average Bonchev–Trinajstić information content (AvgIpc) is 3.05. The summed E-state index contributed by atoms with van der Waals surface area (Å²) >= 11 is -2.28. The minimum atomic E-state index is -2.28. The normalized spacial score (nSPS) is 17.2. The fourth-order valence-corrected chi connectivity index (χ4v) is 5.73. The number of hydrogen-bond donors (Lipinski definition) is 3. The summed E-state index contributed by atoms with van der Waals surface area (Å²) in [4.78, 5) is 22.4. The summed E-state index contributed by atoms with van der Waals surface area (Å²) < 4.78 is 64.5. The quantitative estimate of drug-likeness (QED) is 0.235. The highest BCUT2D eigenvalue weighted by atomic mass is 32.2. The molecule has 2 atom stereocenters. The van der Waals surface area contributed by atoms with Gasteiger partial charge in [-0.25, -0.2) is 37.6 Å². The Bertz CT molecular complexity index is 1650. The molecule has 2 unspecified atom stereocenters. The summed E-state index contributed by atoms with van der Waals surface area (Å²) in [6.07, 6.45) is 1.31. The number of nitrogen functional groups attached to an aromatic ring is 1. The maximum Gasteiger partial charge on any atom is 0.231 e. The van der Waals surface area contributed by atoms with Crippen molar-refractivity contribution in [3.8, 4) is 22.5 Å². The molecule has 2 fully saturated rings. The highest BCUT2D eigenvalue weighted by molar-refractivity contribution is 7.77. The number of rotatable bonds is 9. The Balaban J connectivity index is 1.53. The van der Waals surface area contributed by atoms with E-state index in [9.17, 15) is 4.21 Å². The molecule has 2 aromatic carbocycles. The molecule has 2 saturated heterocycles. The third kappa shape index (κ3) is 6.46. The number of ether oxygens (including phenoxy) is 2. The molecule has 0 radical (unpaired) electrons. The maximum absolute atomic E-state index is 16.1. The Morgan fingerprint density at radius 3 is 2.36 bits per heavy atom. The zero-order valence-corrected chi connectivity index (χ0v) is 24.6. The van der Waals surface area contributed by atoms with Crippen molar-refractivity contribution in [1.29, 1.82) is 0 Å². The molecule has 4 heterocycles. The SMILES string of the molecule is Nc1ncc(-c2nc(N3CCOCC3)c3cc(-c4cccc(C(F)CCNS(=O)O)c4F)cc(N4CCOCC4)c3n2)cn1. The summed E-state index contributed by atoms with van der Waals surface area (Å²) in [7, 11) is 0. The van der Waals surface area contributed by atoms with Crippen LogP contribution in [0.1, 0.15) is 18.2 Å². The van der Waals surface area contributed by atoms with E-state index in [0.717, 1.165) is 5.69 Å². The molecule has 0 bridgehead atoms. The molecule has 0 amide bonds. The van der Waals surface area contributed by atoms with E-state index >= 15 is 8.78 Å². The van der Waals surface area contributed by atoms with Gasteiger partial charge in [0.25, 0.3) is 0 Å². The zero-order valence-electron chi connectivity index (χ0n) is 23.8. The van der Waals surface area contributed by atoms with Crippen LogP contribution in [0.15, 0.2) is 42.7 Å². The van der Waals surface area contributed by atoms with Crippen molar-refractivity contribution in [3.05, 3.63) is 54.1 Å². The number of benzene rings is 2. The van der Waals surface area contributed by atoms with Crippen molar-refractivity contribution in [2.75, 3.05) is 74.7 Å². The summed E-state index contributed by atoms with van der Waals surface area (Å²) in [6, 6.07) is 8.34. The van der Waals surface area contributed by atoms with Crippen LogP contribution in [-0.4, -0.2) is 87.8 Å². The maximum atomic E-state index is 16.1. The second kappa shape index (κ2) is 13.4. The van der Waals surface area contributed by atoms with Crippen LogP contribution in [0.3, 0.4) is 0 Å². The molecule has 12 nitrogen and oxygen atoms in total. The van der Waals surface area contributed by atoms with E-state index in [1.54, 1.807) is 24.5 Å². The molecule has 2 aliphatic heterocycles. The Kier molecular flexibility index (Phi) is 9.18. The smallest absolute Gasteiger partial charge is 0.231 e. The van der Waals surface area contributed by atoms with Crippen molar-refractivity contribution < 1.29 is 27.0 Å². The van der Waals surface area contributed by atoms with Crippen LogP contribution in [0.4, 0.5) is 26.2 Å². The van der Waals surface area contributed by atoms with Gasteiger partial charge in [0.2, 0.25) is 17.2 Å². The molecule has 4 N–H and O–H groups in total. The number of anilines is 3. The lowest BCUT2D eigenvalue weighted by Gasteiger charge is -2.32. The first-order chi connectivity index (χ1) is 21.4. The Hall–Kier alpha value is -3.89. The molecule has 2 aliphatic rings. The fraction of sp³-hybridized carbons (Fsp3) is 0.379. The molecule has 6 rings (SSSR count). The van der Waals surface area contributed by atoms with Gasteiger partial charge in [-0.3, -0.25) is 4.55 Å². The summed E-state index contributed by atoms with van der Waals surface area (Å²) in [6.45, 7) is 4.39. The number of morpholine rings is 2. The second-order valence-electron chi connectivity index (χ2n) is 10.4. The van der Waals surface area contributed by atoms with Crippen LogP contribution in [0.25, 0.3) is 33.4 Å². The number of halogens is 2. The molecular weight excluding hydrogens is 594 g/mol. The van der Waals surface area contributed by atoms with Gasteiger partial charge in [-0.15, -0.1) is 0 Å². The number of hydrogen-bond acceptors (Lipinski definition) is 10. The summed E-state index contributed by atoms with van der Waals surface area (Å²) in [5.74, 6) is 0.527. The van der Waals surface area contributed by atoms with Gasteiger partial charge in [0.05, 0.1) is 43.2 Å². The van der Waals surface area contributed by atoms with Gasteiger partial charge in [-0.2, -0.15) is 0 Å². The third-order valence-electron chi connectivity index (χ3n) is 7.65. The minimum Gasteiger partial charge on any atom is -0.378 e. The Morgan fingerprint density at radius 1 is 1.00 bits per heavy atom. The molecule has 232 valence electrons. The molecule has 2 aromatic heterocycles. The first kappa shape index (κ1) is 30.1. The van der Waals surface area contributed by atoms with Gasteiger partial charge < -0.3 is 25.0 Å². The van der Waals surface area contributed by atoms with Gasteiger partial charge in [-0.05, 0) is 24.1 Å². The van der Waals surface area contributed by atoms with Crippen molar-refractivity contribution in [3.63, 3.8) is 0 Å². The number of nitrogens with two attached hydrogens (primary N) is 1. The van der Waals surface area contributed by atoms with Crippen molar-refractivity contribution in [1.82, 2.24) is 24.7 Å². The molecule has 4 aromatic rings. The molecule has 15 heteroatoms. The van der Waals surface area contributed by atoms with E-state index in [2.05, 4.69) is 24.5 Å². The standard InChI is InChI=1S/C29H32F2N8O4S/c30-23(4-5-35-44(40)41)21-3-1-2-20(25(21)31)18-14-22-26(24(15-18)38-6-10-42-11-7-38)36-27(19-16-33-29(32)34-17-19)37-28(22)39-8-12-43-13-9-39/h1-3,14-17,23,35H,4-13H2,(H,40,41)(H2,32,33,34). The van der Waals surface area contributed by atoms with E-state index in [1.807, 2.05) is 12.1 Å². The van der Waals surface area contributed by atoms with Crippen LogP contribution in [0.5, 0.6) is 0 Å². The highest BCUT2D eigenvalue weighted by Gasteiger charge is 2.25. The molecule has 0 aliphatic carbocycles. The van der Waals surface area contributed by atoms with E-state index in [0.29, 0.717) is 86.3 Å². The van der Waals surface area contributed by atoms with Gasteiger partial charge >= 0.3 is 0 Å². The van der Waals surface area contributed by atoms with Crippen LogP contribution in [-0.2, 0) is 20.7 Å². The van der Waals surface area contributed by atoms with Gasteiger partial charge in [0.15, 0.2) is 5.82 Å². The minimum absolute atomic E-state index is 0.0905. The first-order valence-corrected chi connectivity index (χ1v) is 15.4. The van der Waals surface area contributed by atoms with Crippen molar-refractivity contribution in [2.24, 2.45) is 0 Å². The lowest BCUT2D eigenvalue weighted by Crippen LogP contribution is -2.37. The number of nitrogens with one attached hydrogen (secondary N) is 1. The van der Waals surface area contributed by atoms with E-state index < -0.39 is 23.3 Å². The van der Waals surface area contributed by atoms with Gasteiger partial charge in [0.1, 0.15) is 17.8 Å². The van der Waals surface area contributed by atoms with Crippen LogP contribution in [0.2, 0.25) is 0 Å². The highest BCUT2D eigenvalue weighted by Crippen LogP contribution is 2.40. The number of alkyl halides is 1. The number of nitrogens with zero attached hydrogens (tertiary/aromatic N) is 6. The summed E-state index contributed by atoms with van der Waals surface area (Å²) in [5, 5.41) is 0.710. The molecular formula is C29H32F2N8O4S. The van der Waals surface area contributed by atoms with Crippen LogP contribution < -0.4 is 20.3 Å². The van der Waals surface area contributed by atoms with Crippen LogP contribution >= 0.6 is 0 Å².